The number of hydrazone groups is 1. The number of anilines is 4. The Balaban J connectivity index is 1.35. The van der Waals surface area contributed by atoms with Crippen molar-refractivity contribution >= 4 is 40.0 Å². The van der Waals surface area contributed by atoms with E-state index in [0.29, 0.717) is 0 Å². The topological polar surface area (TPSA) is 40.5 Å². The lowest BCUT2D eigenvalue weighted by atomic mass is 10.1. The molecule has 32 heavy (non-hydrogen) atoms. The number of rotatable bonds is 6. The lowest BCUT2D eigenvalue weighted by molar-refractivity contribution is 1.26. The molecule has 0 spiro atoms. The molecule has 154 valence electrons. The van der Waals surface area contributed by atoms with E-state index in [1.54, 1.807) is 6.21 Å². The molecule has 4 aromatic carbocycles. The van der Waals surface area contributed by atoms with Gasteiger partial charge in [-0.3, -0.25) is 5.43 Å². The summed E-state index contributed by atoms with van der Waals surface area (Å²) < 4.78 is 0. The van der Waals surface area contributed by atoms with Crippen molar-refractivity contribution in [3.8, 4) is 0 Å². The van der Waals surface area contributed by atoms with Crippen LogP contribution in [-0.4, -0.2) is 11.2 Å². The maximum absolute atomic E-state index is 4.58. The molecule has 1 heterocycles. The highest BCUT2D eigenvalue weighted by atomic mass is 15.3. The normalized spacial score (nSPS) is 11.0. The van der Waals surface area contributed by atoms with Crippen LogP contribution in [0.5, 0.6) is 0 Å². The number of aromatic nitrogens is 1. The Morgan fingerprint density at radius 3 is 1.88 bits per heavy atom. The van der Waals surface area contributed by atoms with Gasteiger partial charge >= 0.3 is 0 Å². The minimum atomic E-state index is 0.718. The number of pyridine rings is 1. The SMILES string of the molecule is C(=N/Nc1ccc2ccccc2n1)/c1ccc(N(c2ccccc2)c2ccccc2)cc1. The van der Waals surface area contributed by atoms with Gasteiger partial charge in [0.1, 0.15) is 5.82 Å². The minimum absolute atomic E-state index is 0.718. The fraction of sp³-hybridized carbons (Fsp3) is 0. The van der Waals surface area contributed by atoms with E-state index in [1.165, 1.54) is 0 Å². The van der Waals surface area contributed by atoms with E-state index >= 15 is 0 Å². The number of hydrogen-bond acceptors (Lipinski definition) is 4. The molecule has 0 atom stereocenters. The predicted octanol–water partition coefficient (Wildman–Crippen LogP) is 7.15. The standard InChI is InChI=1S/C28H22N4/c1-3-10-24(11-4-1)32(25-12-5-2-6-13-25)26-18-15-22(16-19-26)21-29-31-28-20-17-23-9-7-8-14-27(23)30-28/h1-21H,(H,30,31)/b29-21-. The van der Waals surface area contributed by atoms with Crippen LogP contribution in [0, 0.1) is 0 Å². The van der Waals surface area contributed by atoms with Gasteiger partial charge in [-0.25, -0.2) is 4.98 Å². The number of para-hydroxylation sites is 3. The lowest BCUT2D eigenvalue weighted by Gasteiger charge is -2.25. The third kappa shape index (κ3) is 4.35. The zero-order chi connectivity index (χ0) is 21.6. The highest BCUT2D eigenvalue weighted by molar-refractivity contribution is 5.83. The largest absolute Gasteiger partial charge is 0.311 e. The first-order valence-corrected chi connectivity index (χ1v) is 10.5. The Morgan fingerprint density at radius 1 is 0.594 bits per heavy atom. The summed E-state index contributed by atoms with van der Waals surface area (Å²) in [6.45, 7) is 0. The maximum Gasteiger partial charge on any atom is 0.146 e. The molecule has 1 aromatic heterocycles. The second kappa shape index (κ2) is 9.14. The number of nitrogens with one attached hydrogen (secondary N) is 1. The van der Waals surface area contributed by atoms with Crippen LogP contribution in [0.15, 0.2) is 126 Å². The van der Waals surface area contributed by atoms with Crippen LogP contribution >= 0.6 is 0 Å². The average molecular weight is 415 g/mol. The predicted molar refractivity (Wildman–Crippen MR) is 134 cm³/mol. The van der Waals surface area contributed by atoms with Gasteiger partial charge in [-0.2, -0.15) is 5.10 Å². The Hall–Kier alpha value is -4.44. The highest BCUT2D eigenvalue weighted by Gasteiger charge is 2.11. The number of fused-ring (bicyclic) bond motifs is 1. The molecule has 0 aliphatic heterocycles. The van der Waals surface area contributed by atoms with Crippen molar-refractivity contribution < 1.29 is 0 Å². The molecule has 5 aromatic rings. The first-order valence-electron chi connectivity index (χ1n) is 10.5. The van der Waals surface area contributed by atoms with Gasteiger partial charge in [-0.05, 0) is 60.2 Å². The second-order valence-electron chi connectivity index (χ2n) is 7.36. The Morgan fingerprint density at radius 2 is 1.19 bits per heavy atom. The summed E-state index contributed by atoms with van der Waals surface area (Å²) in [6.07, 6.45) is 1.80. The summed E-state index contributed by atoms with van der Waals surface area (Å²) in [6, 6.07) is 41.1. The van der Waals surface area contributed by atoms with Crippen molar-refractivity contribution in [2.75, 3.05) is 10.3 Å². The molecule has 5 rings (SSSR count). The van der Waals surface area contributed by atoms with Gasteiger partial charge in [0, 0.05) is 22.4 Å². The van der Waals surface area contributed by atoms with Crippen molar-refractivity contribution in [2.45, 2.75) is 0 Å². The number of hydrogen-bond donors (Lipinski definition) is 1. The van der Waals surface area contributed by atoms with Crippen molar-refractivity contribution in [3.63, 3.8) is 0 Å². The Kier molecular flexibility index (Phi) is 5.58. The van der Waals surface area contributed by atoms with Gasteiger partial charge < -0.3 is 4.90 Å². The summed E-state index contributed by atoms with van der Waals surface area (Å²) in [4.78, 5) is 6.81. The van der Waals surface area contributed by atoms with E-state index in [1.807, 2.05) is 48.5 Å². The summed E-state index contributed by atoms with van der Waals surface area (Å²) in [7, 11) is 0. The van der Waals surface area contributed by atoms with Gasteiger partial charge in [0.2, 0.25) is 0 Å². The summed E-state index contributed by atoms with van der Waals surface area (Å²) in [5.74, 6) is 0.718. The smallest absolute Gasteiger partial charge is 0.146 e. The second-order valence-corrected chi connectivity index (χ2v) is 7.36. The number of nitrogens with zero attached hydrogens (tertiary/aromatic N) is 3. The molecule has 0 unspecified atom stereocenters. The zero-order valence-electron chi connectivity index (χ0n) is 17.5. The molecule has 0 bridgehead atoms. The molecule has 0 saturated heterocycles. The summed E-state index contributed by atoms with van der Waals surface area (Å²) in [5, 5.41) is 5.47. The van der Waals surface area contributed by atoms with Crippen LogP contribution in [0.3, 0.4) is 0 Å². The van der Waals surface area contributed by atoms with Crippen molar-refractivity contribution in [3.05, 3.63) is 127 Å². The third-order valence-corrected chi connectivity index (χ3v) is 5.17. The van der Waals surface area contributed by atoms with E-state index in [-0.39, 0.29) is 0 Å². The Bertz CT molecular complexity index is 1290. The first-order chi connectivity index (χ1) is 15.9. The summed E-state index contributed by atoms with van der Waals surface area (Å²) >= 11 is 0. The molecule has 0 saturated carbocycles. The molecular formula is C28H22N4. The van der Waals surface area contributed by atoms with E-state index < -0.39 is 0 Å². The molecule has 0 fully saturated rings. The van der Waals surface area contributed by atoms with Crippen molar-refractivity contribution in [2.24, 2.45) is 5.10 Å². The fourth-order valence-corrected chi connectivity index (χ4v) is 3.61. The number of benzene rings is 4. The highest BCUT2D eigenvalue weighted by Crippen LogP contribution is 2.33. The van der Waals surface area contributed by atoms with Crippen LogP contribution < -0.4 is 10.3 Å². The van der Waals surface area contributed by atoms with Gasteiger partial charge in [0.25, 0.3) is 0 Å². The monoisotopic (exact) mass is 414 g/mol. The van der Waals surface area contributed by atoms with E-state index in [4.69, 9.17) is 0 Å². The first kappa shape index (κ1) is 19.5. The van der Waals surface area contributed by atoms with E-state index in [2.05, 4.69) is 93.2 Å². The van der Waals surface area contributed by atoms with Gasteiger partial charge in [0.15, 0.2) is 0 Å². The van der Waals surface area contributed by atoms with Crippen LogP contribution in [0.1, 0.15) is 5.56 Å². The van der Waals surface area contributed by atoms with E-state index in [9.17, 15) is 0 Å². The minimum Gasteiger partial charge on any atom is -0.311 e. The summed E-state index contributed by atoms with van der Waals surface area (Å²) in [5.41, 5.74) is 8.29. The molecule has 0 aliphatic rings. The zero-order valence-corrected chi connectivity index (χ0v) is 17.5. The van der Waals surface area contributed by atoms with Crippen LogP contribution in [0.25, 0.3) is 10.9 Å². The van der Waals surface area contributed by atoms with Crippen LogP contribution in [-0.2, 0) is 0 Å². The fourth-order valence-electron chi connectivity index (χ4n) is 3.61. The molecule has 4 nitrogen and oxygen atoms in total. The molecule has 4 heteroatoms. The van der Waals surface area contributed by atoms with Crippen molar-refractivity contribution in [1.29, 1.82) is 0 Å². The van der Waals surface area contributed by atoms with Gasteiger partial charge in [-0.1, -0.05) is 66.7 Å². The lowest BCUT2D eigenvalue weighted by Crippen LogP contribution is -2.09. The Labute approximate surface area is 187 Å². The van der Waals surface area contributed by atoms with Crippen LogP contribution in [0.4, 0.5) is 22.9 Å². The molecule has 0 amide bonds. The van der Waals surface area contributed by atoms with Gasteiger partial charge in [0.05, 0.1) is 11.7 Å². The van der Waals surface area contributed by atoms with Crippen molar-refractivity contribution in [1.82, 2.24) is 4.98 Å². The molecule has 1 N–H and O–H groups in total. The molecular weight excluding hydrogens is 392 g/mol. The quantitative estimate of drug-likeness (QED) is 0.237. The molecule has 0 radical (unpaired) electrons. The van der Waals surface area contributed by atoms with Crippen LogP contribution in [0.2, 0.25) is 0 Å². The van der Waals surface area contributed by atoms with Gasteiger partial charge in [-0.15, -0.1) is 0 Å². The maximum atomic E-state index is 4.58. The average Bonchev–Trinajstić information content (AvgIpc) is 2.86. The third-order valence-electron chi connectivity index (χ3n) is 5.17. The molecule has 0 aliphatic carbocycles. The van der Waals surface area contributed by atoms with E-state index in [0.717, 1.165) is 39.3 Å².